The van der Waals surface area contributed by atoms with Gasteiger partial charge in [0.2, 0.25) is 0 Å². The molecule has 1 heterocycles. The molecule has 94 valence electrons. The lowest BCUT2D eigenvalue weighted by atomic mass is 9.94. The molecule has 0 radical (unpaired) electrons. The summed E-state index contributed by atoms with van der Waals surface area (Å²) in [7, 11) is 0. The van der Waals surface area contributed by atoms with Gasteiger partial charge in [0.25, 0.3) is 0 Å². The van der Waals surface area contributed by atoms with E-state index in [1.807, 2.05) is 25.1 Å². The highest BCUT2D eigenvalue weighted by Crippen LogP contribution is 2.30. The summed E-state index contributed by atoms with van der Waals surface area (Å²) in [5, 5.41) is 4.36. The third-order valence-electron chi connectivity index (χ3n) is 3.25. The molecule has 2 rings (SSSR count). The molecule has 0 aromatic heterocycles. The molecule has 1 fully saturated rings. The van der Waals surface area contributed by atoms with Crippen LogP contribution in [0.2, 0.25) is 5.02 Å². The Morgan fingerprint density at radius 2 is 2.18 bits per heavy atom. The van der Waals surface area contributed by atoms with Crippen molar-refractivity contribution in [1.29, 1.82) is 0 Å². The summed E-state index contributed by atoms with van der Waals surface area (Å²) in [6.45, 7) is 7.12. The van der Waals surface area contributed by atoms with E-state index in [0.717, 1.165) is 35.7 Å². The summed E-state index contributed by atoms with van der Waals surface area (Å²) in [6, 6.07) is 6.55. The van der Waals surface area contributed by atoms with Crippen LogP contribution in [0.15, 0.2) is 18.2 Å². The molecular weight excluding hydrogens is 234 g/mol. The largest absolute Gasteiger partial charge is 0.381 e. The van der Waals surface area contributed by atoms with Crippen LogP contribution in [0.5, 0.6) is 0 Å². The van der Waals surface area contributed by atoms with E-state index >= 15 is 0 Å². The zero-order valence-electron chi connectivity index (χ0n) is 10.7. The maximum atomic E-state index is 6.29. The number of hydrogen-bond acceptors (Lipinski definition) is 2. The van der Waals surface area contributed by atoms with Crippen molar-refractivity contribution in [3.8, 4) is 0 Å². The molecular formula is C14H20ClNO. The van der Waals surface area contributed by atoms with Crippen LogP contribution in [-0.4, -0.2) is 18.2 Å². The van der Waals surface area contributed by atoms with Crippen LogP contribution in [0.4, 0.5) is 5.69 Å². The van der Waals surface area contributed by atoms with Gasteiger partial charge in [0.15, 0.2) is 0 Å². The van der Waals surface area contributed by atoms with Gasteiger partial charge in [-0.25, -0.2) is 0 Å². The van der Waals surface area contributed by atoms with Gasteiger partial charge >= 0.3 is 0 Å². The van der Waals surface area contributed by atoms with E-state index in [1.54, 1.807) is 0 Å². The van der Waals surface area contributed by atoms with Crippen LogP contribution >= 0.6 is 11.6 Å². The van der Waals surface area contributed by atoms with Gasteiger partial charge in [-0.3, -0.25) is 0 Å². The third kappa shape index (κ3) is 3.14. The highest BCUT2D eigenvalue weighted by molar-refractivity contribution is 6.34. The van der Waals surface area contributed by atoms with E-state index in [-0.39, 0.29) is 5.60 Å². The topological polar surface area (TPSA) is 21.3 Å². The lowest BCUT2D eigenvalue weighted by molar-refractivity contribution is -0.0553. The predicted molar refractivity (Wildman–Crippen MR) is 72.9 cm³/mol. The van der Waals surface area contributed by atoms with Crippen molar-refractivity contribution >= 4 is 17.3 Å². The number of nitrogens with one attached hydrogen (secondary N) is 1. The summed E-state index contributed by atoms with van der Waals surface area (Å²) < 4.78 is 5.71. The SMILES string of the molecule is Cc1cccc(NC2CCOC(C)(C)C2)c1Cl. The fourth-order valence-corrected chi connectivity index (χ4v) is 2.51. The van der Waals surface area contributed by atoms with Gasteiger partial charge in [-0.05, 0) is 45.2 Å². The Kier molecular flexibility index (Phi) is 3.64. The lowest BCUT2D eigenvalue weighted by Crippen LogP contribution is -2.40. The molecule has 1 N–H and O–H groups in total. The molecule has 1 aliphatic heterocycles. The molecule has 1 saturated heterocycles. The van der Waals surface area contributed by atoms with Crippen LogP contribution in [0.3, 0.4) is 0 Å². The summed E-state index contributed by atoms with van der Waals surface area (Å²) in [5.74, 6) is 0. The van der Waals surface area contributed by atoms with Crippen molar-refractivity contribution in [2.75, 3.05) is 11.9 Å². The van der Waals surface area contributed by atoms with Crippen LogP contribution in [0, 0.1) is 6.92 Å². The average Bonchev–Trinajstić information content (AvgIpc) is 2.23. The van der Waals surface area contributed by atoms with Crippen molar-refractivity contribution in [2.24, 2.45) is 0 Å². The molecule has 0 amide bonds. The first-order chi connectivity index (χ1) is 7.98. The fourth-order valence-electron chi connectivity index (χ4n) is 2.33. The number of ether oxygens (including phenoxy) is 1. The standard InChI is InChI=1S/C14H20ClNO/c1-10-5-4-6-12(13(10)15)16-11-7-8-17-14(2,3)9-11/h4-6,11,16H,7-9H2,1-3H3. The van der Waals surface area contributed by atoms with Gasteiger partial charge in [-0.15, -0.1) is 0 Å². The Labute approximate surface area is 108 Å². The lowest BCUT2D eigenvalue weighted by Gasteiger charge is -2.36. The Morgan fingerprint density at radius 3 is 2.88 bits per heavy atom. The fraction of sp³-hybridized carbons (Fsp3) is 0.571. The second-order valence-corrected chi connectivity index (χ2v) is 5.76. The Balaban J connectivity index is 2.08. The van der Waals surface area contributed by atoms with Gasteiger partial charge < -0.3 is 10.1 Å². The molecule has 17 heavy (non-hydrogen) atoms. The van der Waals surface area contributed by atoms with E-state index < -0.39 is 0 Å². The minimum absolute atomic E-state index is 0.0355. The number of rotatable bonds is 2. The molecule has 1 aromatic carbocycles. The van der Waals surface area contributed by atoms with Crippen molar-refractivity contribution in [3.63, 3.8) is 0 Å². The molecule has 1 unspecified atom stereocenters. The number of aryl methyl sites for hydroxylation is 1. The summed E-state index contributed by atoms with van der Waals surface area (Å²) in [4.78, 5) is 0. The molecule has 0 spiro atoms. The second-order valence-electron chi connectivity index (χ2n) is 5.38. The van der Waals surface area contributed by atoms with Crippen LogP contribution in [-0.2, 0) is 4.74 Å². The van der Waals surface area contributed by atoms with Crippen molar-refractivity contribution in [1.82, 2.24) is 0 Å². The van der Waals surface area contributed by atoms with E-state index in [0.29, 0.717) is 6.04 Å². The second kappa shape index (κ2) is 4.87. The molecule has 2 nitrogen and oxygen atoms in total. The zero-order chi connectivity index (χ0) is 12.5. The summed E-state index contributed by atoms with van der Waals surface area (Å²) in [5.41, 5.74) is 2.11. The highest BCUT2D eigenvalue weighted by atomic mass is 35.5. The molecule has 3 heteroatoms. The normalized spacial score (nSPS) is 23.4. The van der Waals surface area contributed by atoms with Gasteiger partial charge in [-0.2, -0.15) is 0 Å². The number of halogens is 1. The zero-order valence-corrected chi connectivity index (χ0v) is 11.5. The number of benzene rings is 1. The van der Waals surface area contributed by atoms with Gasteiger partial charge in [0, 0.05) is 12.6 Å². The first-order valence-corrected chi connectivity index (χ1v) is 6.51. The molecule has 1 aromatic rings. The minimum atomic E-state index is -0.0355. The Bertz CT molecular complexity index is 403. The molecule has 0 bridgehead atoms. The van der Waals surface area contributed by atoms with E-state index in [4.69, 9.17) is 16.3 Å². The van der Waals surface area contributed by atoms with Crippen LogP contribution < -0.4 is 5.32 Å². The number of anilines is 1. The maximum absolute atomic E-state index is 6.29. The minimum Gasteiger partial charge on any atom is -0.381 e. The van der Waals surface area contributed by atoms with E-state index in [2.05, 4.69) is 19.2 Å². The Hall–Kier alpha value is -0.730. The van der Waals surface area contributed by atoms with Crippen molar-refractivity contribution in [3.05, 3.63) is 28.8 Å². The maximum Gasteiger partial charge on any atom is 0.0666 e. The predicted octanol–water partition coefficient (Wildman–Crippen LogP) is 4.02. The van der Waals surface area contributed by atoms with E-state index in [9.17, 15) is 0 Å². The molecule has 0 aliphatic carbocycles. The van der Waals surface area contributed by atoms with Crippen molar-refractivity contribution < 1.29 is 4.74 Å². The first kappa shape index (κ1) is 12.7. The Morgan fingerprint density at radius 1 is 1.41 bits per heavy atom. The van der Waals surface area contributed by atoms with Gasteiger partial charge in [-0.1, -0.05) is 23.7 Å². The smallest absolute Gasteiger partial charge is 0.0666 e. The summed E-state index contributed by atoms with van der Waals surface area (Å²) >= 11 is 6.29. The average molecular weight is 254 g/mol. The highest BCUT2D eigenvalue weighted by Gasteiger charge is 2.28. The van der Waals surface area contributed by atoms with Crippen LogP contribution in [0.1, 0.15) is 32.3 Å². The monoisotopic (exact) mass is 253 g/mol. The van der Waals surface area contributed by atoms with Gasteiger partial charge in [0.05, 0.1) is 16.3 Å². The van der Waals surface area contributed by atoms with Crippen molar-refractivity contribution in [2.45, 2.75) is 45.3 Å². The molecule has 1 aliphatic rings. The molecule has 0 saturated carbocycles. The quantitative estimate of drug-likeness (QED) is 0.860. The molecule has 1 atom stereocenters. The van der Waals surface area contributed by atoms with Gasteiger partial charge in [0.1, 0.15) is 0 Å². The first-order valence-electron chi connectivity index (χ1n) is 6.13. The number of hydrogen-bond donors (Lipinski definition) is 1. The summed E-state index contributed by atoms with van der Waals surface area (Å²) in [6.07, 6.45) is 2.05. The van der Waals surface area contributed by atoms with E-state index in [1.165, 1.54) is 0 Å². The van der Waals surface area contributed by atoms with Crippen LogP contribution in [0.25, 0.3) is 0 Å². The third-order valence-corrected chi connectivity index (χ3v) is 3.75.